The lowest BCUT2D eigenvalue weighted by molar-refractivity contribution is 0.0732. The highest BCUT2D eigenvalue weighted by atomic mass is 16.5. The van der Waals surface area contributed by atoms with Crippen LogP contribution in [-0.4, -0.2) is 25.2 Å². The lowest BCUT2D eigenvalue weighted by Gasteiger charge is -2.05. The summed E-state index contributed by atoms with van der Waals surface area (Å²) in [5.74, 6) is 0. The first-order valence-electron chi connectivity index (χ1n) is 3.63. The maximum Gasteiger partial charge on any atom is 0.246 e. The summed E-state index contributed by atoms with van der Waals surface area (Å²) in [6.45, 7) is 2.88. The molecule has 2 atom stereocenters. The molecule has 0 aliphatic carbocycles. The molecule has 1 aliphatic heterocycles. The molecule has 10 heavy (non-hydrogen) atoms. The van der Waals surface area contributed by atoms with Crippen molar-refractivity contribution in [2.24, 2.45) is 0 Å². The summed E-state index contributed by atoms with van der Waals surface area (Å²) in [7, 11) is 0. The van der Waals surface area contributed by atoms with Gasteiger partial charge in [-0.15, -0.1) is 0 Å². The summed E-state index contributed by atoms with van der Waals surface area (Å²) in [5.41, 5.74) is 0. The van der Waals surface area contributed by atoms with Crippen molar-refractivity contribution in [1.29, 1.82) is 0 Å². The van der Waals surface area contributed by atoms with Crippen LogP contribution in [0.15, 0.2) is 0 Å². The molecule has 1 heterocycles. The summed E-state index contributed by atoms with van der Waals surface area (Å²) in [6.07, 6.45) is 3.63. The Morgan fingerprint density at radius 2 is 2.60 bits per heavy atom. The summed E-state index contributed by atoms with van der Waals surface area (Å²) < 4.78 is 5.22. The Kier molecular flexibility index (Phi) is 2.83. The molecule has 1 fully saturated rings. The number of rotatable bonds is 3. The summed E-state index contributed by atoms with van der Waals surface area (Å²) in [5, 5.41) is 2.90. The highest BCUT2D eigenvalue weighted by Gasteiger charge is 2.23. The van der Waals surface area contributed by atoms with Crippen LogP contribution in [0.5, 0.6) is 0 Å². The predicted molar refractivity (Wildman–Crippen MR) is 37.3 cm³/mol. The molecular weight excluding hydrogens is 130 g/mol. The molecule has 2 unspecified atom stereocenters. The minimum atomic E-state index is -0.475. The third-order valence-corrected chi connectivity index (χ3v) is 1.58. The van der Waals surface area contributed by atoms with E-state index in [4.69, 9.17) is 4.74 Å². The van der Waals surface area contributed by atoms with E-state index in [-0.39, 0.29) is 6.10 Å². The number of nitrogens with one attached hydrogen (secondary N) is 1. The van der Waals surface area contributed by atoms with Crippen molar-refractivity contribution in [3.05, 3.63) is 0 Å². The topological polar surface area (TPSA) is 38.3 Å². The lowest BCUT2D eigenvalue weighted by atomic mass is 10.2. The molecule has 0 aromatic heterocycles. The molecular formula is C7H12NO2. The van der Waals surface area contributed by atoms with Gasteiger partial charge in [0.25, 0.3) is 0 Å². The van der Waals surface area contributed by atoms with E-state index in [9.17, 15) is 4.79 Å². The van der Waals surface area contributed by atoms with Gasteiger partial charge < -0.3 is 4.74 Å². The van der Waals surface area contributed by atoms with Crippen LogP contribution < -0.4 is 5.32 Å². The molecule has 1 aliphatic rings. The highest BCUT2D eigenvalue weighted by Crippen LogP contribution is 2.08. The van der Waals surface area contributed by atoms with Crippen LogP contribution in [0.1, 0.15) is 19.8 Å². The Morgan fingerprint density at radius 3 is 3.10 bits per heavy atom. The van der Waals surface area contributed by atoms with Crippen molar-refractivity contribution in [2.45, 2.75) is 32.1 Å². The Bertz CT molecular complexity index is 116. The van der Waals surface area contributed by atoms with Crippen LogP contribution in [0.25, 0.3) is 0 Å². The van der Waals surface area contributed by atoms with Gasteiger partial charge in [0.1, 0.15) is 0 Å². The van der Waals surface area contributed by atoms with Crippen molar-refractivity contribution in [3.8, 4) is 0 Å². The number of carbonyl (C=O) groups excluding carboxylic acids is 1. The molecule has 0 saturated carbocycles. The largest absolute Gasteiger partial charge is 0.351 e. The van der Waals surface area contributed by atoms with Crippen LogP contribution >= 0.6 is 0 Å². The van der Waals surface area contributed by atoms with Crippen molar-refractivity contribution in [1.82, 2.24) is 5.32 Å². The average molecular weight is 142 g/mol. The highest BCUT2D eigenvalue weighted by molar-refractivity contribution is 5.56. The van der Waals surface area contributed by atoms with Crippen LogP contribution in [0, 0.1) is 0 Å². The minimum Gasteiger partial charge on any atom is -0.351 e. The maximum absolute atomic E-state index is 10.0. The minimum absolute atomic E-state index is 0.219. The van der Waals surface area contributed by atoms with Crippen molar-refractivity contribution >= 4 is 6.29 Å². The van der Waals surface area contributed by atoms with Crippen LogP contribution in [0.2, 0.25) is 0 Å². The van der Waals surface area contributed by atoms with Gasteiger partial charge in [-0.3, -0.25) is 10.1 Å². The second-order valence-electron chi connectivity index (χ2n) is 2.45. The first kappa shape index (κ1) is 7.69. The monoisotopic (exact) mass is 142 g/mol. The molecule has 0 aromatic carbocycles. The molecule has 0 spiro atoms. The van der Waals surface area contributed by atoms with E-state index in [1.807, 2.05) is 0 Å². The fourth-order valence-electron chi connectivity index (χ4n) is 1.09. The SMILES string of the molecule is CCCC1CNC([C]=O)O1. The summed E-state index contributed by atoms with van der Waals surface area (Å²) in [6, 6.07) is 0. The molecule has 3 nitrogen and oxygen atoms in total. The Morgan fingerprint density at radius 1 is 1.80 bits per heavy atom. The number of ether oxygens (including phenoxy) is 1. The third-order valence-electron chi connectivity index (χ3n) is 1.58. The van der Waals surface area contributed by atoms with E-state index in [0.717, 1.165) is 19.4 Å². The smallest absolute Gasteiger partial charge is 0.246 e. The molecule has 3 heteroatoms. The van der Waals surface area contributed by atoms with Crippen LogP contribution in [0.3, 0.4) is 0 Å². The predicted octanol–water partition coefficient (Wildman–Crippen LogP) is 0.211. The van der Waals surface area contributed by atoms with E-state index in [0.29, 0.717) is 0 Å². The zero-order chi connectivity index (χ0) is 7.40. The Balaban J connectivity index is 2.21. The van der Waals surface area contributed by atoms with E-state index in [2.05, 4.69) is 12.2 Å². The Labute approximate surface area is 60.7 Å². The van der Waals surface area contributed by atoms with E-state index < -0.39 is 6.23 Å². The second-order valence-corrected chi connectivity index (χ2v) is 2.45. The van der Waals surface area contributed by atoms with E-state index in [1.165, 1.54) is 0 Å². The average Bonchev–Trinajstić information content (AvgIpc) is 2.37. The first-order chi connectivity index (χ1) is 4.86. The zero-order valence-corrected chi connectivity index (χ0v) is 6.09. The van der Waals surface area contributed by atoms with Crippen LogP contribution in [-0.2, 0) is 9.53 Å². The summed E-state index contributed by atoms with van der Waals surface area (Å²) >= 11 is 0. The van der Waals surface area contributed by atoms with Gasteiger partial charge in [0.15, 0.2) is 6.23 Å². The maximum atomic E-state index is 10.0. The fourth-order valence-corrected chi connectivity index (χ4v) is 1.09. The van der Waals surface area contributed by atoms with Gasteiger partial charge in [0.2, 0.25) is 6.29 Å². The van der Waals surface area contributed by atoms with Crippen molar-refractivity contribution < 1.29 is 9.53 Å². The van der Waals surface area contributed by atoms with Gasteiger partial charge in [-0.05, 0) is 6.42 Å². The van der Waals surface area contributed by atoms with Crippen molar-refractivity contribution in [2.75, 3.05) is 6.54 Å². The second kappa shape index (κ2) is 3.68. The molecule has 1 radical (unpaired) electrons. The molecule has 0 bridgehead atoms. The summed E-state index contributed by atoms with van der Waals surface area (Å²) in [4.78, 5) is 10.0. The number of hydrogen-bond acceptors (Lipinski definition) is 3. The van der Waals surface area contributed by atoms with E-state index >= 15 is 0 Å². The molecule has 0 aromatic rings. The standard InChI is InChI=1S/C7H12NO2/c1-2-3-6-4-8-7(5-9)10-6/h6-8H,2-4H2,1H3. The van der Waals surface area contributed by atoms with Gasteiger partial charge in [0.05, 0.1) is 6.10 Å². The molecule has 0 amide bonds. The molecule has 1 saturated heterocycles. The quantitative estimate of drug-likeness (QED) is 0.612. The van der Waals surface area contributed by atoms with Gasteiger partial charge in [-0.2, -0.15) is 0 Å². The Hall–Kier alpha value is -0.410. The van der Waals surface area contributed by atoms with Crippen LogP contribution in [0.4, 0.5) is 0 Å². The first-order valence-corrected chi connectivity index (χ1v) is 3.63. The normalized spacial score (nSPS) is 32.5. The van der Waals surface area contributed by atoms with Gasteiger partial charge in [-0.1, -0.05) is 13.3 Å². The van der Waals surface area contributed by atoms with Gasteiger partial charge in [-0.25, -0.2) is 0 Å². The molecule has 1 N–H and O–H groups in total. The molecule has 1 rings (SSSR count). The lowest BCUT2D eigenvalue weighted by Crippen LogP contribution is -2.23. The van der Waals surface area contributed by atoms with Gasteiger partial charge in [0, 0.05) is 6.54 Å². The molecule has 57 valence electrons. The van der Waals surface area contributed by atoms with E-state index in [1.54, 1.807) is 6.29 Å². The van der Waals surface area contributed by atoms with Crippen molar-refractivity contribution in [3.63, 3.8) is 0 Å². The number of hydrogen-bond donors (Lipinski definition) is 1. The third kappa shape index (κ3) is 1.78. The van der Waals surface area contributed by atoms with Gasteiger partial charge >= 0.3 is 0 Å². The zero-order valence-electron chi connectivity index (χ0n) is 6.09. The fraction of sp³-hybridized carbons (Fsp3) is 0.857.